The number of carbonyl (C=O) groups excluding carboxylic acids is 1. The number of aliphatic hydroxyl groups excluding tert-OH is 2. The second-order valence-electron chi connectivity index (χ2n) is 3.08. The maximum atomic E-state index is 11.5. The van der Waals surface area contributed by atoms with E-state index < -0.39 is 6.04 Å². The number of amides is 1. The van der Waals surface area contributed by atoms with E-state index in [2.05, 4.69) is 11.2 Å². The van der Waals surface area contributed by atoms with E-state index in [1.807, 2.05) is 0 Å². The molecule has 1 unspecified atom stereocenters. The van der Waals surface area contributed by atoms with Gasteiger partial charge in [0.25, 0.3) is 0 Å². The molecule has 0 aromatic heterocycles. The van der Waals surface area contributed by atoms with Gasteiger partial charge in [-0.15, -0.1) is 6.42 Å². The lowest BCUT2D eigenvalue weighted by Crippen LogP contribution is -2.47. The lowest BCUT2D eigenvalue weighted by molar-refractivity contribution is -0.125. The first-order valence-corrected chi connectivity index (χ1v) is 4.84. The average molecular weight is 214 g/mol. The molecule has 0 aliphatic rings. The standard InChI is InChI=1S/C10H18N2O3/c1-3-4-11-10(15)9(2)12(5-7-13)6-8-14/h1,9,13-14H,4-8H2,2H3,(H,11,15). The predicted octanol–water partition coefficient (Wildman–Crippen LogP) is -1.59. The highest BCUT2D eigenvalue weighted by Crippen LogP contribution is 1.98. The van der Waals surface area contributed by atoms with Gasteiger partial charge in [-0.2, -0.15) is 0 Å². The smallest absolute Gasteiger partial charge is 0.237 e. The van der Waals surface area contributed by atoms with Gasteiger partial charge < -0.3 is 15.5 Å². The summed E-state index contributed by atoms with van der Waals surface area (Å²) in [6, 6.07) is -0.405. The molecule has 0 fully saturated rings. The second-order valence-corrected chi connectivity index (χ2v) is 3.08. The minimum atomic E-state index is -0.405. The zero-order chi connectivity index (χ0) is 11.7. The van der Waals surface area contributed by atoms with E-state index in [-0.39, 0.29) is 25.7 Å². The Kier molecular flexibility index (Phi) is 7.64. The topological polar surface area (TPSA) is 72.8 Å². The normalized spacial score (nSPS) is 12.2. The molecule has 5 heteroatoms. The van der Waals surface area contributed by atoms with Crippen molar-refractivity contribution in [3.63, 3.8) is 0 Å². The van der Waals surface area contributed by atoms with Crippen LogP contribution in [0.4, 0.5) is 0 Å². The fraction of sp³-hybridized carbons (Fsp3) is 0.700. The molecule has 0 aromatic rings. The van der Waals surface area contributed by atoms with Gasteiger partial charge >= 0.3 is 0 Å². The Morgan fingerprint density at radius 2 is 2.00 bits per heavy atom. The molecule has 1 amide bonds. The first kappa shape index (κ1) is 13.9. The number of nitrogens with zero attached hydrogens (tertiary/aromatic N) is 1. The summed E-state index contributed by atoms with van der Waals surface area (Å²) in [6.07, 6.45) is 5.01. The minimum Gasteiger partial charge on any atom is -0.395 e. The van der Waals surface area contributed by atoms with Crippen LogP contribution < -0.4 is 5.32 Å². The van der Waals surface area contributed by atoms with E-state index in [1.165, 1.54) is 0 Å². The molecule has 0 saturated carbocycles. The number of terminal acetylenes is 1. The average Bonchev–Trinajstić information content (AvgIpc) is 2.24. The largest absolute Gasteiger partial charge is 0.395 e. The summed E-state index contributed by atoms with van der Waals surface area (Å²) in [6.45, 7) is 2.50. The summed E-state index contributed by atoms with van der Waals surface area (Å²) >= 11 is 0. The van der Waals surface area contributed by atoms with Crippen LogP contribution in [0.15, 0.2) is 0 Å². The lowest BCUT2D eigenvalue weighted by atomic mass is 10.2. The molecule has 3 N–H and O–H groups in total. The van der Waals surface area contributed by atoms with Crippen molar-refractivity contribution >= 4 is 5.91 Å². The van der Waals surface area contributed by atoms with Crippen molar-refractivity contribution in [2.75, 3.05) is 32.8 Å². The predicted molar refractivity (Wildman–Crippen MR) is 57.0 cm³/mol. The van der Waals surface area contributed by atoms with E-state index in [9.17, 15) is 4.79 Å². The lowest BCUT2D eigenvalue weighted by Gasteiger charge is -2.26. The Labute approximate surface area is 90.1 Å². The maximum absolute atomic E-state index is 11.5. The maximum Gasteiger partial charge on any atom is 0.237 e. The van der Waals surface area contributed by atoms with Crippen molar-refractivity contribution < 1.29 is 15.0 Å². The highest BCUT2D eigenvalue weighted by atomic mass is 16.3. The molecule has 0 spiro atoms. The van der Waals surface area contributed by atoms with E-state index in [4.69, 9.17) is 16.6 Å². The SMILES string of the molecule is C#CCNC(=O)C(C)N(CCO)CCO. The molecule has 0 rings (SSSR count). The summed E-state index contributed by atoms with van der Waals surface area (Å²) in [5.41, 5.74) is 0. The molecule has 0 radical (unpaired) electrons. The van der Waals surface area contributed by atoms with E-state index in [0.717, 1.165) is 0 Å². The monoisotopic (exact) mass is 214 g/mol. The molecule has 0 aromatic carbocycles. The van der Waals surface area contributed by atoms with Crippen molar-refractivity contribution in [2.24, 2.45) is 0 Å². The number of rotatable bonds is 7. The zero-order valence-electron chi connectivity index (χ0n) is 8.94. The number of carbonyl (C=O) groups is 1. The quantitative estimate of drug-likeness (QED) is 0.447. The van der Waals surface area contributed by atoms with Crippen molar-refractivity contribution in [1.29, 1.82) is 0 Å². The van der Waals surface area contributed by atoms with E-state index in [0.29, 0.717) is 13.1 Å². The van der Waals surface area contributed by atoms with Gasteiger partial charge in [-0.1, -0.05) is 5.92 Å². The molecule has 15 heavy (non-hydrogen) atoms. The highest BCUT2D eigenvalue weighted by molar-refractivity contribution is 5.81. The summed E-state index contributed by atoms with van der Waals surface area (Å²) in [5, 5.41) is 20.1. The molecule has 0 bridgehead atoms. The van der Waals surface area contributed by atoms with Gasteiger partial charge in [-0.05, 0) is 6.92 Å². The van der Waals surface area contributed by atoms with Gasteiger partial charge in [-0.3, -0.25) is 9.69 Å². The summed E-state index contributed by atoms with van der Waals surface area (Å²) in [4.78, 5) is 13.2. The molecular weight excluding hydrogens is 196 g/mol. The molecular formula is C10H18N2O3. The van der Waals surface area contributed by atoms with E-state index in [1.54, 1.807) is 11.8 Å². The van der Waals surface area contributed by atoms with Crippen LogP contribution in [0, 0.1) is 12.3 Å². The van der Waals surface area contributed by atoms with Gasteiger partial charge in [-0.25, -0.2) is 0 Å². The number of nitrogens with one attached hydrogen (secondary N) is 1. The number of hydrogen-bond acceptors (Lipinski definition) is 4. The van der Waals surface area contributed by atoms with Crippen LogP contribution in [0.1, 0.15) is 6.92 Å². The Balaban J connectivity index is 4.15. The molecule has 0 saturated heterocycles. The third-order valence-corrected chi connectivity index (χ3v) is 2.07. The van der Waals surface area contributed by atoms with Crippen molar-refractivity contribution in [3.05, 3.63) is 0 Å². The van der Waals surface area contributed by atoms with Gasteiger partial charge in [0.05, 0.1) is 25.8 Å². The van der Waals surface area contributed by atoms with Crippen molar-refractivity contribution in [3.8, 4) is 12.3 Å². The van der Waals surface area contributed by atoms with Crippen LogP contribution >= 0.6 is 0 Å². The highest BCUT2D eigenvalue weighted by Gasteiger charge is 2.19. The Morgan fingerprint density at radius 3 is 2.40 bits per heavy atom. The zero-order valence-corrected chi connectivity index (χ0v) is 8.94. The van der Waals surface area contributed by atoms with Gasteiger partial charge in [0.2, 0.25) is 5.91 Å². The molecule has 1 atom stereocenters. The molecule has 0 aliphatic heterocycles. The molecule has 0 aliphatic carbocycles. The number of aliphatic hydroxyl groups is 2. The third kappa shape index (κ3) is 5.37. The van der Waals surface area contributed by atoms with Crippen LogP contribution in [0.3, 0.4) is 0 Å². The fourth-order valence-electron chi connectivity index (χ4n) is 1.21. The van der Waals surface area contributed by atoms with Crippen LogP contribution in [0.5, 0.6) is 0 Å². The number of hydrogen-bond donors (Lipinski definition) is 3. The first-order valence-electron chi connectivity index (χ1n) is 4.84. The van der Waals surface area contributed by atoms with Crippen LogP contribution in [-0.4, -0.2) is 59.9 Å². The first-order chi connectivity index (χ1) is 7.17. The summed E-state index contributed by atoms with van der Waals surface area (Å²) < 4.78 is 0. The summed E-state index contributed by atoms with van der Waals surface area (Å²) in [5.74, 6) is 2.11. The second kappa shape index (κ2) is 8.24. The van der Waals surface area contributed by atoms with Gasteiger partial charge in [0.15, 0.2) is 0 Å². The van der Waals surface area contributed by atoms with Crippen LogP contribution in [0.25, 0.3) is 0 Å². The van der Waals surface area contributed by atoms with Crippen LogP contribution in [-0.2, 0) is 4.79 Å². The van der Waals surface area contributed by atoms with Crippen LogP contribution in [0.2, 0.25) is 0 Å². The molecule has 5 nitrogen and oxygen atoms in total. The third-order valence-electron chi connectivity index (χ3n) is 2.07. The van der Waals surface area contributed by atoms with Crippen molar-refractivity contribution in [1.82, 2.24) is 10.2 Å². The Bertz CT molecular complexity index is 219. The van der Waals surface area contributed by atoms with Crippen molar-refractivity contribution in [2.45, 2.75) is 13.0 Å². The fourth-order valence-corrected chi connectivity index (χ4v) is 1.21. The Hall–Kier alpha value is -1.09. The van der Waals surface area contributed by atoms with E-state index >= 15 is 0 Å². The molecule has 86 valence electrons. The molecule has 0 heterocycles. The van der Waals surface area contributed by atoms with Gasteiger partial charge in [0, 0.05) is 13.1 Å². The van der Waals surface area contributed by atoms with Gasteiger partial charge in [0.1, 0.15) is 0 Å². The Morgan fingerprint density at radius 1 is 1.47 bits per heavy atom. The summed E-state index contributed by atoms with van der Waals surface area (Å²) in [7, 11) is 0. The minimum absolute atomic E-state index is 0.0489.